The predicted octanol–water partition coefficient (Wildman–Crippen LogP) is 3.41. The molecule has 0 saturated heterocycles. The number of hydrogen-bond acceptors (Lipinski definition) is 9. The van der Waals surface area contributed by atoms with Crippen LogP contribution in [0.4, 0.5) is 28.7 Å². The van der Waals surface area contributed by atoms with E-state index in [-0.39, 0.29) is 22.9 Å². The monoisotopic (exact) mass is 423 g/mol. The topological polar surface area (TPSA) is 165 Å². The maximum Gasteiger partial charge on any atom is 0.355 e. The molecule has 0 aliphatic rings. The summed E-state index contributed by atoms with van der Waals surface area (Å²) in [6.45, 7) is 3.78. The molecule has 3 N–H and O–H groups in total. The molecule has 12 heteroatoms. The van der Waals surface area contributed by atoms with Gasteiger partial charge >= 0.3 is 5.69 Å². The summed E-state index contributed by atoms with van der Waals surface area (Å²) in [5, 5.41) is 25.3. The molecule has 3 rings (SSSR count). The van der Waals surface area contributed by atoms with Gasteiger partial charge in [0.1, 0.15) is 6.33 Å². The Morgan fingerprint density at radius 2 is 1.61 bits per heavy atom. The van der Waals surface area contributed by atoms with Gasteiger partial charge in [-0.2, -0.15) is 0 Å². The van der Waals surface area contributed by atoms with Crippen LogP contribution < -0.4 is 16.2 Å². The molecule has 0 unspecified atom stereocenters. The molecular weight excluding hydrogens is 406 g/mol. The number of anilines is 3. The summed E-state index contributed by atoms with van der Waals surface area (Å²) in [7, 11) is 0. The number of aromatic nitrogens is 2. The second kappa shape index (κ2) is 8.82. The maximum atomic E-state index is 12.3. The Bertz CT molecular complexity index is 1160. The third kappa shape index (κ3) is 4.70. The lowest BCUT2D eigenvalue weighted by Gasteiger charge is -2.13. The number of amides is 1. The Balaban J connectivity index is 1.82. The highest BCUT2D eigenvalue weighted by molar-refractivity contribution is 5.95. The van der Waals surface area contributed by atoms with Gasteiger partial charge in [-0.15, -0.1) is 0 Å². The number of non-ortho nitro benzene ring substituents is 1. The minimum atomic E-state index is -0.673. The van der Waals surface area contributed by atoms with Crippen molar-refractivity contribution >= 4 is 34.6 Å². The summed E-state index contributed by atoms with van der Waals surface area (Å²) in [4.78, 5) is 41.2. The Hall–Kier alpha value is -4.61. The minimum Gasteiger partial charge on any atom is -0.334 e. The lowest BCUT2D eigenvalue weighted by atomic mass is 10.1. The zero-order chi connectivity index (χ0) is 22.5. The summed E-state index contributed by atoms with van der Waals surface area (Å²) < 4.78 is 0. The van der Waals surface area contributed by atoms with Gasteiger partial charge in [-0.25, -0.2) is 9.97 Å². The molecule has 0 atom stereocenters. The number of hydrazine groups is 1. The van der Waals surface area contributed by atoms with Crippen molar-refractivity contribution < 1.29 is 14.6 Å². The summed E-state index contributed by atoms with van der Waals surface area (Å²) >= 11 is 0. The van der Waals surface area contributed by atoms with E-state index in [0.717, 1.165) is 17.5 Å². The van der Waals surface area contributed by atoms with Crippen molar-refractivity contribution in [3.05, 3.63) is 85.7 Å². The molecule has 0 fully saturated rings. The number of nitrogens with zero attached hydrogens (tertiary/aromatic N) is 4. The number of carbonyl (C=O) groups excluding carboxylic acids is 1. The van der Waals surface area contributed by atoms with Crippen molar-refractivity contribution in [1.82, 2.24) is 15.4 Å². The highest BCUT2D eigenvalue weighted by atomic mass is 16.6. The van der Waals surface area contributed by atoms with Crippen molar-refractivity contribution in [1.29, 1.82) is 0 Å². The molecule has 31 heavy (non-hydrogen) atoms. The van der Waals surface area contributed by atoms with Crippen LogP contribution in [-0.2, 0) is 0 Å². The van der Waals surface area contributed by atoms with Crippen LogP contribution >= 0.6 is 0 Å². The first-order valence-corrected chi connectivity index (χ1v) is 8.91. The van der Waals surface area contributed by atoms with Gasteiger partial charge in [0.05, 0.1) is 9.85 Å². The van der Waals surface area contributed by atoms with Gasteiger partial charge in [-0.05, 0) is 43.2 Å². The molecule has 0 radical (unpaired) electrons. The highest BCUT2D eigenvalue weighted by Crippen LogP contribution is 2.32. The number of nitro benzene ring substituents is 1. The summed E-state index contributed by atoms with van der Waals surface area (Å²) in [6, 6.07) is 10.4. The van der Waals surface area contributed by atoms with E-state index < -0.39 is 21.4 Å². The largest absolute Gasteiger partial charge is 0.355 e. The van der Waals surface area contributed by atoms with E-state index in [1.807, 2.05) is 19.9 Å². The average Bonchev–Trinajstić information content (AvgIpc) is 2.75. The van der Waals surface area contributed by atoms with Gasteiger partial charge in [-0.3, -0.25) is 35.9 Å². The number of benzene rings is 2. The van der Waals surface area contributed by atoms with E-state index in [2.05, 4.69) is 26.1 Å². The lowest BCUT2D eigenvalue weighted by Crippen LogP contribution is -2.30. The fourth-order valence-electron chi connectivity index (χ4n) is 2.67. The van der Waals surface area contributed by atoms with E-state index in [1.165, 1.54) is 24.3 Å². The number of aryl methyl sites for hydroxylation is 1. The van der Waals surface area contributed by atoms with Crippen LogP contribution in [0, 0.1) is 34.1 Å². The van der Waals surface area contributed by atoms with E-state index in [1.54, 1.807) is 12.1 Å². The fourth-order valence-corrected chi connectivity index (χ4v) is 2.67. The molecule has 0 saturated carbocycles. The number of hydrogen-bond donors (Lipinski definition) is 3. The van der Waals surface area contributed by atoms with E-state index in [4.69, 9.17) is 0 Å². The van der Waals surface area contributed by atoms with Crippen LogP contribution in [0.3, 0.4) is 0 Å². The van der Waals surface area contributed by atoms with Crippen molar-refractivity contribution in [3.8, 4) is 0 Å². The predicted molar refractivity (Wildman–Crippen MR) is 112 cm³/mol. The molecule has 0 aliphatic heterocycles. The number of rotatable bonds is 7. The minimum absolute atomic E-state index is 0.0548. The van der Waals surface area contributed by atoms with Gasteiger partial charge in [-0.1, -0.05) is 12.1 Å². The van der Waals surface area contributed by atoms with Gasteiger partial charge in [0.15, 0.2) is 0 Å². The molecule has 3 aromatic rings. The lowest BCUT2D eigenvalue weighted by molar-refractivity contribution is -0.384. The molecule has 1 amide bonds. The summed E-state index contributed by atoms with van der Waals surface area (Å²) in [5.74, 6) is -0.948. The number of carbonyl (C=O) groups is 1. The molecule has 0 aliphatic carbocycles. The van der Waals surface area contributed by atoms with E-state index >= 15 is 0 Å². The van der Waals surface area contributed by atoms with Crippen LogP contribution in [0.25, 0.3) is 0 Å². The van der Waals surface area contributed by atoms with Gasteiger partial charge in [0.25, 0.3) is 11.6 Å². The van der Waals surface area contributed by atoms with Crippen LogP contribution in [-0.4, -0.2) is 25.7 Å². The molecule has 12 nitrogen and oxygen atoms in total. The molecule has 0 spiro atoms. The SMILES string of the molecule is Cc1cccc(Nc2ncnc(NNC(=O)c3ccc([N+](=O)[O-])cc3)c2[N+](=O)[O-])c1C. The Morgan fingerprint density at radius 3 is 2.26 bits per heavy atom. The van der Waals surface area contributed by atoms with Gasteiger partial charge in [0, 0.05) is 23.4 Å². The van der Waals surface area contributed by atoms with E-state index in [0.29, 0.717) is 5.69 Å². The smallest absolute Gasteiger partial charge is 0.334 e. The number of nitrogens with one attached hydrogen (secondary N) is 3. The van der Waals surface area contributed by atoms with E-state index in [9.17, 15) is 25.0 Å². The fraction of sp³-hybridized carbons (Fsp3) is 0.105. The first-order chi connectivity index (χ1) is 14.8. The highest BCUT2D eigenvalue weighted by Gasteiger charge is 2.24. The Labute approximate surface area is 175 Å². The van der Waals surface area contributed by atoms with Crippen molar-refractivity contribution in [3.63, 3.8) is 0 Å². The first-order valence-electron chi connectivity index (χ1n) is 8.91. The zero-order valence-corrected chi connectivity index (χ0v) is 16.4. The molecule has 2 aromatic carbocycles. The Morgan fingerprint density at radius 1 is 0.935 bits per heavy atom. The Kier molecular flexibility index (Phi) is 6.00. The standard InChI is InChI=1S/C19H17N7O5/c1-11-4-3-5-15(12(11)2)22-17-16(26(30)31)18(21-10-20-17)23-24-19(27)13-6-8-14(9-7-13)25(28)29/h3-10H,1-2H3,(H,24,27)(H2,20,21,22,23). The van der Waals surface area contributed by atoms with Gasteiger partial charge < -0.3 is 5.32 Å². The zero-order valence-electron chi connectivity index (χ0n) is 16.4. The summed E-state index contributed by atoms with van der Waals surface area (Å²) in [6.07, 6.45) is 1.11. The quantitative estimate of drug-likeness (QED) is 0.381. The first kappa shape index (κ1) is 21.1. The van der Waals surface area contributed by atoms with Crippen molar-refractivity contribution in [2.45, 2.75) is 13.8 Å². The molecule has 158 valence electrons. The second-order valence-corrected chi connectivity index (χ2v) is 6.43. The summed E-state index contributed by atoms with van der Waals surface area (Å²) in [5.41, 5.74) is 6.72. The van der Waals surface area contributed by atoms with Crippen molar-refractivity contribution in [2.24, 2.45) is 0 Å². The third-order valence-electron chi connectivity index (χ3n) is 4.50. The van der Waals surface area contributed by atoms with Crippen LogP contribution in [0.1, 0.15) is 21.5 Å². The molecule has 0 bridgehead atoms. The van der Waals surface area contributed by atoms with Gasteiger partial charge in [0.2, 0.25) is 11.6 Å². The molecule has 1 aromatic heterocycles. The average molecular weight is 423 g/mol. The third-order valence-corrected chi connectivity index (χ3v) is 4.50. The van der Waals surface area contributed by atoms with Crippen LogP contribution in [0.15, 0.2) is 48.8 Å². The second-order valence-electron chi connectivity index (χ2n) is 6.43. The normalized spacial score (nSPS) is 10.3. The van der Waals surface area contributed by atoms with Crippen LogP contribution in [0.5, 0.6) is 0 Å². The van der Waals surface area contributed by atoms with Crippen LogP contribution in [0.2, 0.25) is 0 Å². The number of nitro groups is 2. The molecular formula is C19H17N7O5. The molecule has 1 heterocycles. The maximum absolute atomic E-state index is 12.3. The van der Waals surface area contributed by atoms with Crippen molar-refractivity contribution in [2.75, 3.05) is 10.7 Å².